The van der Waals surface area contributed by atoms with Crippen LogP contribution in [0.4, 0.5) is 18.9 Å². The number of para-hydroxylation sites is 1. The van der Waals surface area contributed by atoms with Crippen LogP contribution in [0.25, 0.3) is 15.3 Å². The summed E-state index contributed by atoms with van der Waals surface area (Å²) in [5, 5.41) is 6.89. The molecule has 0 aliphatic rings. The van der Waals surface area contributed by atoms with Gasteiger partial charge in [-0.15, -0.1) is 0 Å². The third kappa shape index (κ3) is 4.42. The molecule has 0 fully saturated rings. The van der Waals surface area contributed by atoms with Gasteiger partial charge in [0.1, 0.15) is 5.69 Å². The first-order valence-electron chi connectivity index (χ1n) is 10.8. The number of halogens is 3. The average Bonchev–Trinajstić information content (AvgIpc) is 3.28. The summed E-state index contributed by atoms with van der Waals surface area (Å²) in [6.45, 7) is 1.26. The standard InChI is InChI=1S/C26H19F3N4OS/c1-16-21(31-22(17-10-4-2-5-11-17)18-12-6-3-7-13-18)24(34)33(32-23(16)26(27,28)29)25-30-19-14-8-9-15-20(19)35-25/h2-15,22,31H,1H3. The van der Waals surface area contributed by atoms with Gasteiger partial charge in [-0.05, 0) is 30.2 Å². The van der Waals surface area contributed by atoms with E-state index in [1.807, 2.05) is 60.7 Å². The van der Waals surface area contributed by atoms with Gasteiger partial charge in [-0.25, -0.2) is 4.98 Å². The average molecular weight is 493 g/mol. The van der Waals surface area contributed by atoms with Crippen LogP contribution in [0.5, 0.6) is 0 Å². The Morgan fingerprint density at radius 2 is 1.46 bits per heavy atom. The maximum atomic E-state index is 14.0. The van der Waals surface area contributed by atoms with Crippen LogP contribution in [-0.4, -0.2) is 14.8 Å². The van der Waals surface area contributed by atoms with E-state index in [2.05, 4.69) is 15.4 Å². The molecule has 0 saturated carbocycles. The molecular formula is C26H19F3N4OS. The highest BCUT2D eigenvalue weighted by atomic mass is 32.1. The molecule has 5 aromatic rings. The van der Waals surface area contributed by atoms with Crippen LogP contribution in [-0.2, 0) is 6.18 Å². The minimum atomic E-state index is -4.76. The Kier molecular flexibility index (Phi) is 5.86. The molecular weight excluding hydrogens is 473 g/mol. The number of nitrogens with zero attached hydrogens (tertiary/aromatic N) is 3. The largest absolute Gasteiger partial charge is 0.435 e. The number of hydrogen-bond donors (Lipinski definition) is 1. The highest BCUT2D eigenvalue weighted by molar-refractivity contribution is 7.20. The predicted molar refractivity (Wildman–Crippen MR) is 131 cm³/mol. The zero-order valence-corrected chi connectivity index (χ0v) is 19.3. The van der Waals surface area contributed by atoms with Crippen LogP contribution in [0.15, 0.2) is 89.7 Å². The Hall–Kier alpha value is -3.98. The van der Waals surface area contributed by atoms with Crippen LogP contribution in [0.3, 0.4) is 0 Å². The topological polar surface area (TPSA) is 59.8 Å². The first-order chi connectivity index (χ1) is 16.8. The van der Waals surface area contributed by atoms with Crippen molar-refractivity contribution >= 4 is 27.2 Å². The maximum Gasteiger partial charge on any atom is 0.435 e. The SMILES string of the molecule is Cc1c(C(F)(F)F)nn(-c2nc3ccccc3s2)c(=O)c1NC(c1ccccc1)c1ccccc1. The molecule has 0 aliphatic heterocycles. The predicted octanol–water partition coefficient (Wildman–Crippen LogP) is 6.37. The van der Waals surface area contributed by atoms with Gasteiger partial charge in [0.2, 0.25) is 5.13 Å². The van der Waals surface area contributed by atoms with E-state index in [-0.39, 0.29) is 16.4 Å². The molecule has 5 rings (SSSR count). The van der Waals surface area contributed by atoms with Crippen molar-refractivity contribution in [1.82, 2.24) is 14.8 Å². The van der Waals surface area contributed by atoms with E-state index in [1.165, 1.54) is 6.92 Å². The third-order valence-corrected chi connectivity index (χ3v) is 6.64. The van der Waals surface area contributed by atoms with Gasteiger partial charge in [0.25, 0.3) is 5.56 Å². The summed E-state index contributed by atoms with van der Waals surface area (Å²) in [6, 6.07) is 25.0. The number of aromatic nitrogens is 3. The summed E-state index contributed by atoms with van der Waals surface area (Å²) in [6.07, 6.45) is -4.76. The number of hydrogen-bond acceptors (Lipinski definition) is 5. The van der Waals surface area contributed by atoms with Crippen LogP contribution in [0.2, 0.25) is 0 Å². The molecule has 0 radical (unpaired) electrons. The van der Waals surface area contributed by atoms with E-state index in [0.29, 0.717) is 5.52 Å². The van der Waals surface area contributed by atoms with E-state index in [9.17, 15) is 18.0 Å². The van der Waals surface area contributed by atoms with E-state index in [0.717, 1.165) is 31.8 Å². The molecule has 0 amide bonds. The summed E-state index contributed by atoms with van der Waals surface area (Å²) in [4.78, 5) is 17.9. The zero-order chi connectivity index (χ0) is 24.6. The van der Waals surface area contributed by atoms with Crippen molar-refractivity contribution in [3.05, 3.63) is 118 Å². The number of benzene rings is 3. The van der Waals surface area contributed by atoms with Gasteiger partial charge in [-0.2, -0.15) is 23.0 Å². The van der Waals surface area contributed by atoms with Crippen LogP contribution in [0, 0.1) is 6.92 Å². The molecule has 0 bridgehead atoms. The normalized spacial score (nSPS) is 11.8. The first-order valence-corrected chi connectivity index (χ1v) is 11.6. The van der Waals surface area contributed by atoms with Crippen LogP contribution >= 0.6 is 11.3 Å². The third-order valence-electron chi connectivity index (χ3n) is 5.62. The lowest BCUT2D eigenvalue weighted by Gasteiger charge is -2.23. The Bertz CT molecular complexity index is 1470. The summed E-state index contributed by atoms with van der Waals surface area (Å²) < 4.78 is 43.6. The van der Waals surface area contributed by atoms with Crippen LogP contribution < -0.4 is 10.9 Å². The fraction of sp³-hybridized carbons (Fsp3) is 0.115. The molecule has 0 aliphatic carbocycles. The molecule has 9 heteroatoms. The molecule has 1 N–H and O–H groups in total. The number of alkyl halides is 3. The number of nitrogens with one attached hydrogen (secondary N) is 1. The lowest BCUT2D eigenvalue weighted by molar-refractivity contribution is -0.142. The number of anilines is 1. The van der Waals surface area contributed by atoms with Crippen LogP contribution in [0.1, 0.15) is 28.4 Å². The monoisotopic (exact) mass is 492 g/mol. The molecule has 35 heavy (non-hydrogen) atoms. The maximum absolute atomic E-state index is 14.0. The van der Waals surface area contributed by atoms with Gasteiger partial charge in [0.05, 0.1) is 16.3 Å². The number of thiazole rings is 1. The van der Waals surface area contributed by atoms with Crippen molar-refractivity contribution in [2.45, 2.75) is 19.1 Å². The second kappa shape index (κ2) is 8.99. The lowest BCUT2D eigenvalue weighted by Crippen LogP contribution is -2.31. The lowest BCUT2D eigenvalue weighted by atomic mass is 9.98. The number of fused-ring (bicyclic) bond motifs is 1. The van der Waals surface area contributed by atoms with Crippen molar-refractivity contribution < 1.29 is 13.2 Å². The van der Waals surface area contributed by atoms with Crippen molar-refractivity contribution in [3.8, 4) is 5.13 Å². The van der Waals surface area contributed by atoms with Gasteiger partial charge < -0.3 is 5.32 Å². The summed E-state index contributed by atoms with van der Waals surface area (Å²) in [7, 11) is 0. The van der Waals surface area contributed by atoms with E-state index >= 15 is 0 Å². The molecule has 0 saturated heterocycles. The second-order valence-electron chi connectivity index (χ2n) is 7.93. The van der Waals surface area contributed by atoms with Crippen molar-refractivity contribution in [2.24, 2.45) is 0 Å². The van der Waals surface area contributed by atoms with Gasteiger partial charge in [-0.3, -0.25) is 4.79 Å². The molecule has 3 aromatic carbocycles. The highest BCUT2D eigenvalue weighted by Gasteiger charge is 2.38. The highest BCUT2D eigenvalue weighted by Crippen LogP contribution is 2.35. The molecule has 5 nitrogen and oxygen atoms in total. The van der Waals surface area contributed by atoms with E-state index in [1.54, 1.807) is 24.3 Å². The summed E-state index contributed by atoms with van der Waals surface area (Å²) in [5.41, 5.74) is -0.105. The van der Waals surface area contributed by atoms with Crippen molar-refractivity contribution in [2.75, 3.05) is 5.32 Å². The minimum absolute atomic E-state index is 0.0701. The Balaban J connectivity index is 1.71. The molecule has 0 spiro atoms. The molecule has 2 heterocycles. The molecule has 2 aromatic heterocycles. The van der Waals surface area contributed by atoms with Gasteiger partial charge in [0, 0.05) is 5.56 Å². The summed E-state index contributed by atoms with van der Waals surface area (Å²) in [5.74, 6) is 0. The van der Waals surface area contributed by atoms with E-state index in [4.69, 9.17) is 0 Å². The Morgan fingerprint density at radius 3 is 2.03 bits per heavy atom. The molecule has 176 valence electrons. The van der Waals surface area contributed by atoms with Crippen molar-refractivity contribution in [1.29, 1.82) is 0 Å². The fourth-order valence-corrected chi connectivity index (χ4v) is 4.83. The van der Waals surface area contributed by atoms with Crippen molar-refractivity contribution in [3.63, 3.8) is 0 Å². The fourth-order valence-electron chi connectivity index (χ4n) is 3.92. The zero-order valence-electron chi connectivity index (χ0n) is 18.5. The van der Waals surface area contributed by atoms with Gasteiger partial charge >= 0.3 is 6.18 Å². The minimum Gasteiger partial charge on any atom is -0.369 e. The smallest absolute Gasteiger partial charge is 0.369 e. The Morgan fingerprint density at radius 1 is 0.886 bits per heavy atom. The van der Waals surface area contributed by atoms with E-state index < -0.39 is 23.5 Å². The molecule has 0 unspecified atom stereocenters. The quantitative estimate of drug-likeness (QED) is 0.310. The first kappa shape index (κ1) is 22.8. The van der Waals surface area contributed by atoms with Gasteiger partial charge in [0.15, 0.2) is 5.69 Å². The second-order valence-corrected chi connectivity index (χ2v) is 8.94. The summed E-state index contributed by atoms with van der Waals surface area (Å²) >= 11 is 1.10. The molecule has 0 atom stereocenters. The number of rotatable bonds is 5. The van der Waals surface area contributed by atoms with Gasteiger partial charge in [-0.1, -0.05) is 84.1 Å². The Labute approximate surface area is 202 Å².